The van der Waals surface area contributed by atoms with Crippen molar-refractivity contribution >= 4 is 21.6 Å². The van der Waals surface area contributed by atoms with Crippen molar-refractivity contribution in [2.45, 2.75) is 45.1 Å². The van der Waals surface area contributed by atoms with Gasteiger partial charge in [0.1, 0.15) is 5.75 Å². The van der Waals surface area contributed by atoms with Gasteiger partial charge in [-0.15, -0.1) is 0 Å². The zero-order valence-electron chi connectivity index (χ0n) is 21.0. The van der Waals surface area contributed by atoms with Crippen LogP contribution in [-0.4, -0.2) is 73.1 Å². The van der Waals surface area contributed by atoms with Gasteiger partial charge in [0, 0.05) is 37.4 Å². The van der Waals surface area contributed by atoms with E-state index in [4.69, 9.17) is 9.73 Å². The van der Waals surface area contributed by atoms with E-state index in [0.717, 1.165) is 35.4 Å². The number of ether oxygens (including phenoxy) is 1. The van der Waals surface area contributed by atoms with Crippen molar-refractivity contribution in [1.82, 2.24) is 13.9 Å². The second kappa shape index (κ2) is 10.1. The van der Waals surface area contributed by atoms with E-state index in [1.165, 1.54) is 4.31 Å². The molecule has 2 aliphatic rings. The molecule has 1 saturated heterocycles. The number of hydrogen-bond donors (Lipinski definition) is 2. The fourth-order valence-corrected chi connectivity index (χ4v) is 6.18. The van der Waals surface area contributed by atoms with Crippen LogP contribution in [0.25, 0.3) is 5.70 Å². The van der Waals surface area contributed by atoms with Crippen LogP contribution in [0.1, 0.15) is 48.3 Å². The lowest BCUT2D eigenvalue weighted by Crippen LogP contribution is -2.47. The number of likely N-dealkylation sites (N-methyl/N-ethyl adjacent to an activating group) is 1. The number of piperazine rings is 1. The van der Waals surface area contributed by atoms with Gasteiger partial charge in [0.15, 0.2) is 5.84 Å². The molecule has 2 aromatic rings. The standard InChI is InChI=1S/C25H35N5O4S/c1-6-8-22-21(16-31)17(3)24-18(4)26-25(27-30(22)24)20-15-19(9-10-23(20)34-7-2)35(32,33)29-13-11-28(5)12-14-29/h9-10,15,31H,4,6-8,11-14,16H2,1-3,5H3,(H,26,27). The van der Waals surface area contributed by atoms with Gasteiger partial charge in [0.25, 0.3) is 0 Å². The van der Waals surface area contributed by atoms with Crippen LogP contribution >= 0.6 is 0 Å². The first-order valence-electron chi connectivity index (χ1n) is 12.1. The molecule has 0 atom stereocenters. The van der Waals surface area contributed by atoms with Crippen LogP contribution in [0.5, 0.6) is 5.75 Å². The average Bonchev–Trinajstić information content (AvgIpc) is 3.11. The molecule has 0 radical (unpaired) electrons. The van der Waals surface area contributed by atoms with Crippen molar-refractivity contribution in [3.63, 3.8) is 0 Å². The summed E-state index contributed by atoms with van der Waals surface area (Å²) in [4.78, 5) is 7.03. The molecule has 0 bridgehead atoms. The quantitative estimate of drug-likeness (QED) is 0.577. The third-order valence-electron chi connectivity index (χ3n) is 6.64. The SMILES string of the molecule is C=C1N=C(c2cc(S(=O)(=O)N3CCN(C)CC3)ccc2OCC)Nn2c(CCC)c(CO)c(C)c21. The number of aliphatic hydroxyl groups excluding tert-OH is 1. The highest BCUT2D eigenvalue weighted by atomic mass is 32.2. The number of sulfonamides is 1. The van der Waals surface area contributed by atoms with Crippen LogP contribution in [0.4, 0.5) is 0 Å². The van der Waals surface area contributed by atoms with Gasteiger partial charge < -0.3 is 14.7 Å². The molecular formula is C25H35N5O4S. The van der Waals surface area contributed by atoms with Crippen molar-refractivity contribution < 1.29 is 18.3 Å². The van der Waals surface area contributed by atoms with Gasteiger partial charge in [-0.25, -0.2) is 13.4 Å². The lowest BCUT2D eigenvalue weighted by molar-refractivity contribution is 0.222. The Balaban J connectivity index is 1.78. The zero-order chi connectivity index (χ0) is 25.3. The first-order valence-corrected chi connectivity index (χ1v) is 13.5. The Morgan fingerprint density at radius 3 is 2.54 bits per heavy atom. The van der Waals surface area contributed by atoms with Gasteiger partial charge >= 0.3 is 0 Å². The summed E-state index contributed by atoms with van der Waals surface area (Å²) < 4.78 is 36.2. The number of amidine groups is 1. The minimum atomic E-state index is -3.67. The molecule has 0 unspecified atom stereocenters. The Bertz CT molecular complexity index is 1260. The maximum absolute atomic E-state index is 13.4. The number of nitrogens with zero attached hydrogens (tertiary/aromatic N) is 4. The van der Waals surface area contributed by atoms with E-state index in [2.05, 4.69) is 23.8 Å². The van der Waals surface area contributed by atoms with E-state index in [9.17, 15) is 13.5 Å². The highest BCUT2D eigenvalue weighted by molar-refractivity contribution is 7.89. The van der Waals surface area contributed by atoms with Gasteiger partial charge in [-0.05, 0) is 51.1 Å². The second-order valence-electron chi connectivity index (χ2n) is 8.96. The summed E-state index contributed by atoms with van der Waals surface area (Å²) in [5, 5.41) is 10.0. The topological polar surface area (TPSA) is 99.4 Å². The van der Waals surface area contributed by atoms with Gasteiger partial charge in [0.2, 0.25) is 10.0 Å². The summed E-state index contributed by atoms with van der Waals surface area (Å²) in [5.74, 6) is 0.994. The average molecular weight is 502 g/mol. The van der Waals surface area contributed by atoms with Gasteiger partial charge in [-0.3, -0.25) is 10.1 Å². The molecule has 1 aromatic heterocycles. The lowest BCUT2D eigenvalue weighted by Gasteiger charge is -2.31. The van der Waals surface area contributed by atoms with Crippen molar-refractivity contribution in [3.8, 4) is 5.75 Å². The normalized spacial score (nSPS) is 17.2. The molecule has 0 saturated carbocycles. The lowest BCUT2D eigenvalue weighted by atomic mass is 10.1. The van der Waals surface area contributed by atoms with E-state index in [-0.39, 0.29) is 11.5 Å². The van der Waals surface area contributed by atoms with Crippen LogP contribution in [0, 0.1) is 6.92 Å². The molecule has 0 spiro atoms. The van der Waals surface area contributed by atoms with E-state index < -0.39 is 10.0 Å². The monoisotopic (exact) mass is 501 g/mol. The Morgan fingerprint density at radius 1 is 1.20 bits per heavy atom. The highest BCUT2D eigenvalue weighted by Gasteiger charge is 2.30. The van der Waals surface area contributed by atoms with Crippen molar-refractivity contribution in [1.29, 1.82) is 0 Å². The largest absolute Gasteiger partial charge is 0.493 e. The number of aliphatic imine (C=N–C) groups is 1. The molecule has 1 fully saturated rings. The number of nitrogens with one attached hydrogen (secondary N) is 1. The second-order valence-corrected chi connectivity index (χ2v) is 10.9. The van der Waals surface area contributed by atoms with E-state index in [1.54, 1.807) is 18.2 Å². The maximum atomic E-state index is 13.4. The van der Waals surface area contributed by atoms with Crippen molar-refractivity contribution in [2.24, 2.45) is 4.99 Å². The van der Waals surface area contributed by atoms with E-state index in [0.29, 0.717) is 55.6 Å². The fourth-order valence-electron chi connectivity index (χ4n) is 4.73. The number of hydrogen-bond acceptors (Lipinski definition) is 7. The summed E-state index contributed by atoms with van der Waals surface area (Å²) in [6, 6.07) is 4.92. The van der Waals surface area contributed by atoms with Crippen molar-refractivity contribution in [2.75, 3.05) is 45.3 Å². The number of benzene rings is 1. The summed E-state index contributed by atoms with van der Waals surface area (Å²) in [6.07, 6.45) is 1.67. The minimum Gasteiger partial charge on any atom is -0.493 e. The van der Waals surface area contributed by atoms with Crippen LogP contribution in [0.15, 0.2) is 34.7 Å². The molecule has 190 valence electrons. The Hall–Kier alpha value is -2.66. The number of fused-ring (bicyclic) bond motifs is 1. The third kappa shape index (κ3) is 4.63. The predicted octanol–water partition coefficient (Wildman–Crippen LogP) is 2.55. The molecule has 2 N–H and O–H groups in total. The number of rotatable bonds is 8. The van der Waals surface area contributed by atoms with E-state index >= 15 is 0 Å². The Labute approximate surface area is 207 Å². The minimum absolute atomic E-state index is 0.0750. The van der Waals surface area contributed by atoms with Crippen LogP contribution in [0.2, 0.25) is 0 Å². The summed E-state index contributed by atoms with van der Waals surface area (Å²) in [7, 11) is -1.68. The molecule has 10 heteroatoms. The molecule has 0 aliphatic carbocycles. The zero-order valence-corrected chi connectivity index (χ0v) is 21.8. The molecule has 35 heavy (non-hydrogen) atoms. The molecule has 4 rings (SSSR count). The summed E-state index contributed by atoms with van der Waals surface area (Å²) >= 11 is 0. The third-order valence-corrected chi connectivity index (χ3v) is 8.53. The highest BCUT2D eigenvalue weighted by Crippen LogP contribution is 2.33. The summed E-state index contributed by atoms with van der Waals surface area (Å²) in [5.41, 5.74) is 8.04. The van der Waals surface area contributed by atoms with Crippen LogP contribution in [-0.2, 0) is 23.1 Å². The van der Waals surface area contributed by atoms with Crippen LogP contribution < -0.4 is 10.2 Å². The fraction of sp³-hybridized carbons (Fsp3) is 0.480. The molecule has 1 aromatic carbocycles. The van der Waals surface area contributed by atoms with Crippen LogP contribution in [0.3, 0.4) is 0 Å². The Morgan fingerprint density at radius 2 is 1.91 bits per heavy atom. The molecular weight excluding hydrogens is 466 g/mol. The molecule has 2 aliphatic heterocycles. The number of aromatic nitrogens is 1. The first kappa shape index (κ1) is 25.4. The summed E-state index contributed by atoms with van der Waals surface area (Å²) in [6.45, 7) is 12.7. The molecule has 9 nitrogen and oxygen atoms in total. The van der Waals surface area contributed by atoms with Gasteiger partial charge in [0.05, 0.1) is 35.1 Å². The smallest absolute Gasteiger partial charge is 0.243 e. The molecule has 3 heterocycles. The van der Waals surface area contributed by atoms with Crippen molar-refractivity contribution in [3.05, 3.63) is 52.9 Å². The predicted molar refractivity (Wildman–Crippen MR) is 138 cm³/mol. The van der Waals surface area contributed by atoms with Gasteiger partial charge in [-0.2, -0.15) is 4.31 Å². The molecule has 0 amide bonds. The number of aliphatic hydroxyl groups is 1. The Kier molecular flexibility index (Phi) is 7.37. The van der Waals surface area contributed by atoms with Gasteiger partial charge in [-0.1, -0.05) is 19.9 Å². The van der Waals surface area contributed by atoms with E-state index in [1.807, 2.05) is 25.6 Å². The maximum Gasteiger partial charge on any atom is 0.243 e. The first-order chi connectivity index (χ1) is 16.7.